The molecule has 1 amide bonds. The van der Waals surface area contributed by atoms with E-state index in [4.69, 9.17) is 4.28 Å². The maximum Gasteiger partial charge on any atom is 0.289 e. The summed E-state index contributed by atoms with van der Waals surface area (Å²) in [4.78, 5) is 24.9. The minimum atomic E-state index is -4.26. The van der Waals surface area contributed by atoms with Crippen LogP contribution < -0.4 is 0 Å². The van der Waals surface area contributed by atoms with E-state index in [9.17, 15) is 23.1 Å². The van der Waals surface area contributed by atoms with Crippen molar-refractivity contribution in [3.8, 4) is 0 Å². The highest BCUT2D eigenvalue weighted by Crippen LogP contribution is 2.64. The molecule has 26 heavy (non-hydrogen) atoms. The van der Waals surface area contributed by atoms with Crippen molar-refractivity contribution in [1.82, 2.24) is 5.06 Å². The van der Waals surface area contributed by atoms with Crippen LogP contribution in [-0.2, 0) is 19.2 Å². The number of aliphatic hydroxyl groups excluding tert-OH is 1. The molecule has 2 saturated carbocycles. The number of hydroxylamine groups is 2. The van der Waals surface area contributed by atoms with Crippen LogP contribution in [0, 0.1) is 16.7 Å². The summed E-state index contributed by atoms with van der Waals surface area (Å²) in [6, 6.07) is 6.31. The van der Waals surface area contributed by atoms with Crippen LogP contribution in [0.4, 0.5) is 0 Å². The number of carbonyl (C=O) groups excluding carboxylic acids is 2. The summed E-state index contributed by atoms with van der Waals surface area (Å²) < 4.78 is 30.5. The van der Waals surface area contributed by atoms with Crippen LogP contribution in [0.15, 0.2) is 24.3 Å². The van der Waals surface area contributed by atoms with Crippen molar-refractivity contribution in [1.29, 1.82) is 0 Å². The number of nitrogens with zero attached hydrogens (tertiary/aromatic N) is 1. The fourth-order valence-corrected chi connectivity index (χ4v) is 6.63. The standard InChI is InChI=1S/C18H21NO6S/c1-17(2)11-7-8-18(17,14(20)9-11)10-26(23,24)25-19-15(21)12-5-3-4-6-13(12)16(19)22/h3-6,11,15,21H,7-10H2,1-2H3. The van der Waals surface area contributed by atoms with E-state index in [2.05, 4.69) is 0 Å². The van der Waals surface area contributed by atoms with Crippen LogP contribution in [0.1, 0.15) is 55.3 Å². The van der Waals surface area contributed by atoms with Gasteiger partial charge in [-0.25, -0.2) is 0 Å². The first kappa shape index (κ1) is 17.6. The molecule has 1 heterocycles. The lowest BCUT2D eigenvalue weighted by Crippen LogP contribution is -2.44. The van der Waals surface area contributed by atoms with Gasteiger partial charge in [0.25, 0.3) is 16.0 Å². The molecular weight excluding hydrogens is 358 g/mol. The van der Waals surface area contributed by atoms with Crippen molar-refractivity contribution in [2.45, 2.75) is 39.3 Å². The quantitative estimate of drug-likeness (QED) is 0.856. The molecule has 0 saturated heterocycles. The zero-order valence-electron chi connectivity index (χ0n) is 14.6. The molecule has 2 fully saturated rings. The first-order valence-corrected chi connectivity index (χ1v) is 10.2. The van der Waals surface area contributed by atoms with E-state index in [0.717, 1.165) is 6.42 Å². The van der Waals surface area contributed by atoms with Crippen molar-refractivity contribution in [3.05, 3.63) is 35.4 Å². The fourth-order valence-electron chi connectivity index (χ4n) is 4.91. The minimum Gasteiger partial charge on any atom is -0.367 e. The summed E-state index contributed by atoms with van der Waals surface area (Å²) in [5, 5.41) is 10.8. The molecule has 8 heteroatoms. The molecule has 3 aliphatic rings. The van der Waals surface area contributed by atoms with Crippen LogP contribution in [0.5, 0.6) is 0 Å². The maximum atomic E-state index is 12.7. The Bertz CT molecular complexity index is 908. The molecule has 1 aromatic rings. The summed E-state index contributed by atoms with van der Waals surface area (Å²) in [5.41, 5.74) is -0.926. The Balaban J connectivity index is 1.60. The average molecular weight is 379 g/mol. The summed E-state index contributed by atoms with van der Waals surface area (Å²) in [6.07, 6.45) is 0.210. The van der Waals surface area contributed by atoms with Gasteiger partial charge in [-0.15, -0.1) is 4.28 Å². The van der Waals surface area contributed by atoms with E-state index in [1.165, 1.54) is 12.1 Å². The Morgan fingerprint density at radius 2 is 1.96 bits per heavy atom. The summed E-state index contributed by atoms with van der Waals surface area (Å²) >= 11 is 0. The second-order valence-electron chi connectivity index (χ2n) is 8.04. The highest BCUT2D eigenvalue weighted by molar-refractivity contribution is 7.86. The number of amides is 1. The van der Waals surface area contributed by atoms with Gasteiger partial charge in [0, 0.05) is 17.5 Å². The number of aliphatic hydroxyl groups is 1. The number of rotatable bonds is 4. The van der Waals surface area contributed by atoms with Crippen LogP contribution in [0.25, 0.3) is 0 Å². The van der Waals surface area contributed by atoms with Gasteiger partial charge >= 0.3 is 0 Å². The third-order valence-electron chi connectivity index (χ3n) is 6.65. The highest BCUT2D eigenvalue weighted by atomic mass is 32.2. The second kappa shape index (κ2) is 5.37. The van der Waals surface area contributed by atoms with E-state index in [-0.39, 0.29) is 17.3 Å². The predicted molar refractivity (Wildman–Crippen MR) is 91.0 cm³/mol. The van der Waals surface area contributed by atoms with Gasteiger partial charge in [-0.1, -0.05) is 32.0 Å². The lowest BCUT2D eigenvalue weighted by Gasteiger charge is -2.36. The average Bonchev–Trinajstić information content (AvgIpc) is 3.02. The number of ketones is 1. The number of hydrogen-bond acceptors (Lipinski definition) is 6. The first-order valence-electron chi connectivity index (χ1n) is 8.65. The minimum absolute atomic E-state index is 0.0532. The molecule has 4 rings (SSSR count). The number of Topliss-reactive ketones (excluding diaryl/α,β-unsaturated/α-hetero) is 1. The summed E-state index contributed by atoms with van der Waals surface area (Å²) in [7, 11) is -4.26. The van der Waals surface area contributed by atoms with Crippen molar-refractivity contribution >= 4 is 21.8 Å². The number of hydrogen-bond donors (Lipinski definition) is 1. The molecule has 0 radical (unpaired) electrons. The zero-order valence-corrected chi connectivity index (χ0v) is 15.5. The predicted octanol–water partition coefficient (Wildman–Crippen LogP) is 1.79. The Labute approximate surface area is 152 Å². The van der Waals surface area contributed by atoms with Gasteiger partial charge in [0.2, 0.25) is 0 Å². The second-order valence-corrected chi connectivity index (χ2v) is 9.59. The largest absolute Gasteiger partial charge is 0.367 e. The third-order valence-corrected chi connectivity index (χ3v) is 7.88. The SMILES string of the molecule is CC1(C)C2CCC1(CS(=O)(=O)ON1C(=O)c3ccccc3C1O)C(=O)C2. The van der Waals surface area contributed by atoms with E-state index < -0.39 is 38.8 Å². The van der Waals surface area contributed by atoms with Crippen molar-refractivity contribution in [2.75, 3.05) is 5.75 Å². The third kappa shape index (κ3) is 2.22. The smallest absolute Gasteiger partial charge is 0.289 e. The molecule has 0 spiro atoms. The summed E-state index contributed by atoms with van der Waals surface area (Å²) in [6.45, 7) is 3.85. The van der Waals surface area contributed by atoms with E-state index in [0.29, 0.717) is 23.5 Å². The molecular formula is C18H21NO6S. The highest BCUT2D eigenvalue weighted by Gasteiger charge is 2.65. The number of benzene rings is 1. The molecule has 2 bridgehead atoms. The van der Waals surface area contributed by atoms with Gasteiger partial charge in [0.15, 0.2) is 6.23 Å². The molecule has 2 aliphatic carbocycles. The van der Waals surface area contributed by atoms with Crippen LogP contribution in [-0.4, -0.2) is 36.0 Å². The normalized spacial score (nSPS) is 32.3. The lowest BCUT2D eigenvalue weighted by molar-refractivity contribution is -0.131. The topological polar surface area (TPSA) is 101 Å². The van der Waals surface area contributed by atoms with Crippen LogP contribution in [0.3, 0.4) is 0 Å². The Kier molecular flexibility index (Phi) is 3.64. The van der Waals surface area contributed by atoms with Gasteiger partial charge in [-0.05, 0) is 30.2 Å². The zero-order chi connectivity index (χ0) is 18.9. The van der Waals surface area contributed by atoms with Gasteiger partial charge in [-0.3, -0.25) is 9.59 Å². The number of fused-ring (bicyclic) bond motifs is 3. The maximum absolute atomic E-state index is 12.7. The van der Waals surface area contributed by atoms with Gasteiger partial charge in [-0.2, -0.15) is 13.5 Å². The van der Waals surface area contributed by atoms with Crippen molar-refractivity contribution in [3.63, 3.8) is 0 Å². The lowest BCUT2D eigenvalue weighted by atomic mass is 9.70. The molecule has 1 aliphatic heterocycles. The molecule has 7 nitrogen and oxygen atoms in total. The summed E-state index contributed by atoms with van der Waals surface area (Å²) in [5.74, 6) is -1.07. The van der Waals surface area contributed by atoms with E-state index in [1.54, 1.807) is 12.1 Å². The van der Waals surface area contributed by atoms with Gasteiger partial charge in [0.1, 0.15) is 5.78 Å². The van der Waals surface area contributed by atoms with Crippen molar-refractivity contribution < 1.29 is 27.4 Å². The fraction of sp³-hybridized carbons (Fsp3) is 0.556. The molecule has 1 aromatic carbocycles. The van der Waals surface area contributed by atoms with E-state index >= 15 is 0 Å². The number of carbonyl (C=O) groups is 2. The molecule has 1 N–H and O–H groups in total. The monoisotopic (exact) mass is 379 g/mol. The first-order chi connectivity index (χ1) is 12.1. The molecule has 3 atom stereocenters. The van der Waals surface area contributed by atoms with E-state index in [1.807, 2.05) is 13.8 Å². The molecule has 0 aromatic heterocycles. The van der Waals surface area contributed by atoms with Crippen LogP contribution in [0.2, 0.25) is 0 Å². The Morgan fingerprint density at radius 1 is 1.27 bits per heavy atom. The Hall–Kier alpha value is -1.77. The van der Waals surface area contributed by atoms with Crippen molar-refractivity contribution in [2.24, 2.45) is 16.7 Å². The Morgan fingerprint density at radius 3 is 2.54 bits per heavy atom. The molecule has 140 valence electrons. The van der Waals surface area contributed by atoms with Gasteiger partial charge < -0.3 is 5.11 Å². The molecule has 3 unspecified atom stereocenters. The van der Waals surface area contributed by atoms with Crippen LogP contribution >= 0.6 is 0 Å². The van der Waals surface area contributed by atoms with Gasteiger partial charge in [0.05, 0.1) is 11.2 Å².